The van der Waals surface area contributed by atoms with Crippen LogP contribution < -0.4 is 0 Å². The van der Waals surface area contributed by atoms with E-state index < -0.39 is 17.5 Å². The summed E-state index contributed by atoms with van der Waals surface area (Å²) in [4.78, 5) is 26.9. The molecule has 6 heterocycles. The largest absolute Gasteiger partial charge is 0.461 e. The number of benzene rings is 1. The lowest BCUT2D eigenvalue weighted by atomic mass is 9.94. The average molecular weight is 711 g/mol. The van der Waals surface area contributed by atoms with Crippen LogP contribution in [0.25, 0.3) is 0 Å². The van der Waals surface area contributed by atoms with Gasteiger partial charge in [0.1, 0.15) is 18.1 Å². The van der Waals surface area contributed by atoms with Gasteiger partial charge in [-0.2, -0.15) is 0 Å². The third kappa shape index (κ3) is 6.89. The molecule has 4 fully saturated rings. The number of rotatable bonds is 9. The molecule has 0 spiro atoms. The molecule has 7 rings (SSSR count). The number of piperidine rings is 2. The summed E-state index contributed by atoms with van der Waals surface area (Å²) in [6.07, 6.45) is 8.44. The summed E-state index contributed by atoms with van der Waals surface area (Å²) >= 11 is 2.77. The van der Waals surface area contributed by atoms with Crippen molar-refractivity contribution in [1.29, 1.82) is 0 Å². The van der Waals surface area contributed by atoms with Gasteiger partial charge in [-0.1, -0.05) is 42.5 Å². The van der Waals surface area contributed by atoms with Gasteiger partial charge in [0.25, 0.3) is 0 Å². The minimum atomic E-state index is -1.69. The number of esters is 2. The van der Waals surface area contributed by atoms with Gasteiger partial charge in [-0.05, 0) is 42.3 Å². The molecule has 4 aliphatic rings. The van der Waals surface area contributed by atoms with Crippen molar-refractivity contribution in [3.63, 3.8) is 0 Å². The minimum absolute atomic E-state index is 0.00212. The Labute approximate surface area is 299 Å². The fourth-order valence-electron chi connectivity index (χ4n) is 9.27. The van der Waals surface area contributed by atoms with Crippen molar-refractivity contribution in [2.24, 2.45) is 0 Å². The van der Waals surface area contributed by atoms with Crippen molar-refractivity contribution < 1.29 is 38.2 Å². The molecule has 2 aromatic heterocycles. The van der Waals surface area contributed by atoms with Gasteiger partial charge in [-0.3, -0.25) is 4.79 Å². The second kappa shape index (κ2) is 14.6. The maximum absolute atomic E-state index is 13.1. The summed E-state index contributed by atoms with van der Waals surface area (Å²) < 4.78 is 13.9. The quantitative estimate of drug-likeness (QED) is 0.203. The SMILES string of the molecule is CC(C)[N+]1(C)C2CCC1CC(OC(=O)C(CO)c1ccccc1)C2.C[N+]1(C)C2CCC1CC(OC(=O)C(O)(c1cccs1)c1cccs1)C2. The zero-order valence-electron chi connectivity index (χ0n) is 29.6. The molecule has 5 unspecified atom stereocenters. The van der Waals surface area contributed by atoms with Gasteiger partial charge < -0.3 is 28.7 Å². The topological polar surface area (TPSA) is 93.1 Å². The van der Waals surface area contributed by atoms with E-state index in [0.717, 1.165) is 40.2 Å². The highest BCUT2D eigenvalue weighted by atomic mass is 32.1. The summed E-state index contributed by atoms with van der Waals surface area (Å²) in [6.45, 7) is 4.39. The first-order chi connectivity index (χ1) is 23.4. The van der Waals surface area contributed by atoms with E-state index in [1.165, 1.54) is 48.4 Å². The Hall–Kier alpha value is -2.60. The molecular formula is C39H54N2O6S2+2. The molecule has 3 aromatic rings. The van der Waals surface area contributed by atoms with E-state index in [9.17, 15) is 19.8 Å². The summed E-state index contributed by atoms with van der Waals surface area (Å²) in [5, 5.41) is 24.7. The molecular weight excluding hydrogens is 657 g/mol. The maximum Gasteiger partial charge on any atom is 0.349 e. The van der Waals surface area contributed by atoms with Gasteiger partial charge in [-0.15, -0.1) is 22.7 Å². The van der Waals surface area contributed by atoms with Crippen LogP contribution in [0, 0.1) is 0 Å². The van der Waals surface area contributed by atoms with Crippen LogP contribution in [0.5, 0.6) is 0 Å². The number of hydrogen-bond donors (Lipinski definition) is 2. The lowest BCUT2D eigenvalue weighted by Crippen LogP contribution is -2.62. The number of ether oxygens (including phenoxy) is 2. The standard InChI is InChI=1S/C20H30NO3.C19H24NO3S2/c1-14(2)21(3)16-9-10-17(21)12-18(11-16)24-20(23)19(13-22)15-7-5-4-6-8-15;1-20(2)13-7-8-14(20)12-15(11-13)23-18(21)19(22,16-5-3-9-24-16)17-6-4-10-25-17/h4-8,14,16-19,22H,9-13H2,1-3H3;3-6,9-10,13-15,22H,7-8,11-12H2,1-2H3/q2*+1. The van der Waals surface area contributed by atoms with Gasteiger partial charge in [0, 0.05) is 51.4 Å². The lowest BCUT2D eigenvalue weighted by molar-refractivity contribution is -0.968. The van der Waals surface area contributed by atoms with Crippen molar-refractivity contribution in [3.05, 3.63) is 80.7 Å². The number of hydrogen-bond acceptors (Lipinski definition) is 8. The summed E-state index contributed by atoms with van der Waals surface area (Å²) in [6, 6.07) is 19.6. The molecule has 4 aliphatic heterocycles. The number of quaternary nitrogens is 2. The zero-order chi connectivity index (χ0) is 35.0. The Kier molecular flexibility index (Phi) is 10.8. The number of aliphatic hydroxyl groups excluding tert-OH is 1. The highest BCUT2D eigenvalue weighted by molar-refractivity contribution is 7.12. The highest BCUT2D eigenvalue weighted by Gasteiger charge is 2.54. The molecule has 10 heteroatoms. The Bertz CT molecular complexity index is 1480. The fraction of sp³-hybridized carbons (Fsp3) is 0.590. The molecule has 4 bridgehead atoms. The monoisotopic (exact) mass is 710 g/mol. The number of fused-ring (bicyclic) bond motifs is 4. The van der Waals surface area contributed by atoms with Crippen molar-refractivity contribution in [1.82, 2.24) is 0 Å². The second-order valence-corrected chi connectivity index (χ2v) is 17.4. The first-order valence-electron chi connectivity index (χ1n) is 18.0. The van der Waals surface area contributed by atoms with E-state index in [1.54, 1.807) is 12.1 Å². The van der Waals surface area contributed by atoms with Crippen LogP contribution >= 0.6 is 22.7 Å². The van der Waals surface area contributed by atoms with Gasteiger partial charge in [0.2, 0.25) is 5.60 Å². The van der Waals surface area contributed by atoms with Crippen LogP contribution in [0.3, 0.4) is 0 Å². The number of carbonyl (C=O) groups is 2. The third-order valence-corrected chi connectivity index (χ3v) is 14.6. The predicted octanol–water partition coefficient (Wildman–Crippen LogP) is 6.21. The van der Waals surface area contributed by atoms with Crippen LogP contribution in [0.1, 0.15) is 86.4 Å². The molecule has 0 aliphatic carbocycles. The molecule has 2 N–H and O–H groups in total. The molecule has 4 saturated heterocycles. The van der Waals surface area contributed by atoms with Gasteiger partial charge >= 0.3 is 11.9 Å². The molecule has 266 valence electrons. The van der Waals surface area contributed by atoms with Crippen LogP contribution in [0.2, 0.25) is 0 Å². The Morgan fingerprint density at radius 1 is 0.776 bits per heavy atom. The summed E-state index contributed by atoms with van der Waals surface area (Å²) in [5.74, 6) is -1.39. The normalized spacial score (nSPS) is 30.7. The summed E-state index contributed by atoms with van der Waals surface area (Å²) in [7, 11) is 6.94. The van der Waals surface area contributed by atoms with E-state index in [-0.39, 0.29) is 24.8 Å². The van der Waals surface area contributed by atoms with Gasteiger partial charge in [0.05, 0.1) is 67.7 Å². The number of aliphatic hydroxyl groups is 2. The molecule has 8 nitrogen and oxygen atoms in total. The van der Waals surface area contributed by atoms with Crippen LogP contribution in [0.4, 0.5) is 0 Å². The average Bonchev–Trinajstić information content (AvgIpc) is 3.86. The van der Waals surface area contributed by atoms with Crippen LogP contribution in [-0.2, 0) is 24.7 Å². The Morgan fingerprint density at radius 2 is 1.27 bits per heavy atom. The van der Waals surface area contributed by atoms with E-state index >= 15 is 0 Å². The zero-order valence-corrected chi connectivity index (χ0v) is 31.2. The number of nitrogens with zero attached hydrogens (tertiary/aromatic N) is 2. The molecule has 49 heavy (non-hydrogen) atoms. The smallest absolute Gasteiger partial charge is 0.349 e. The summed E-state index contributed by atoms with van der Waals surface area (Å²) in [5.41, 5.74) is -0.866. The van der Waals surface area contributed by atoms with Crippen molar-refractivity contribution in [3.8, 4) is 0 Å². The van der Waals surface area contributed by atoms with E-state index in [2.05, 4.69) is 35.0 Å². The first kappa shape index (κ1) is 36.2. The first-order valence-corrected chi connectivity index (χ1v) is 19.7. The molecule has 1 aromatic carbocycles. The predicted molar refractivity (Wildman–Crippen MR) is 193 cm³/mol. The van der Waals surface area contributed by atoms with Crippen LogP contribution in [-0.4, -0.2) is 101 Å². The highest BCUT2D eigenvalue weighted by Crippen LogP contribution is 2.45. The number of thiophene rings is 2. The van der Waals surface area contributed by atoms with Crippen molar-refractivity contribution in [2.45, 2.75) is 119 Å². The van der Waals surface area contributed by atoms with Crippen LogP contribution in [0.15, 0.2) is 65.4 Å². The van der Waals surface area contributed by atoms with E-state index in [4.69, 9.17) is 9.47 Å². The number of carbonyl (C=O) groups excluding carboxylic acids is 2. The van der Waals surface area contributed by atoms with E-state index in [1.807, 2.05) is 53.2 Å². The minimum Gasteiger partial charge on any atom is -0.461 e. The maximum atomic E-state index is 13.1. The van der Waals surface area contributed by atoms with Gasteiger partial charge in [0.15, 0.2) is 0 Å². The molecule has 5 atom stereocenters. The van der Waals surface area contributed by atoms with Crippen molar-refractivity contribution >= 4 is 34.6 Å². The van der Waals surface area contributed by atoms with Crippen molar-refractivity contribution in [2.75, 3.05) is 27.7 Å². The van der Waals surface area contributed by atoms with E-state index in [0.29, 0.717) is 40.0 Å². The third-order valence-electron chi connectivity index (χ3n) is 12.7. The fourth-order valence-corrected chi connectivity index (χ4v) is 11.0. The molecule has 0 amide bonds. The lowest BCUT2D eigenvalue weighted by Gasteiger charge is -2.49. The van der Waals surface area contributed by atoms with Gasteiger partial charge in [-0.25, -0.2) is 4.79 Å². The molecule has 0 radical (unpaired) electrons. The Balaban J connectivity index is 0.000000170. The Morgan fingerprint density at radius 3 is 1.73 bits per heavy atom. The second-order valence-electron chi connectivity index (χ2n) is 15.6. The molecule has 0 saturated carbocycles.